The van der Waals surface area contributed by atoms with Crippen molar-refractivity contribution in [2.45, 2.75) is 37.5 Å². The highest BCUT2D eigenvalue weighted by molar-refractivity contribution is 6.30. The molecule has 2 aromatic rings. The maximum absolute atomic E-state index is 12.8. The van der Waals surface area contributed by atoms with Crippen molar-refractivity contribution >= 4 is 23.5 Å². The van der Waals surface area contributed by atoms with Gasteiger partial charge in [-0.1, -0.05) is 23.7 Å². The summed E-state index contributed by atoms with van der Waals surface area (Å²) in [4.78, 5) is 23.5. The fraction of sp³-hybridized carbons (Fsp3) is 0.421. The summed E-state index contributed by atoms with van der Waals surface area (Å²) >= 11 is 6.03. The van der Waals surface area contributed by atoms with E-state index >= 15 is 0 Å². The number of nitrogens with two attached hydrogens (primary N) is 1. The summed E-state index contributed by atoms with van der Waals surface area (Å²) in [6.45, 7) is 1.52. The summed E-state index contributed by atoms with van der Waals surface area (Å²) in [5, 5.41) is 0.664. The van der Waals surface area contributed by atoms with Crippen LogP contribution in [0, 0.1) is 0 Å². The number of aryl methyl sites for hydroxylation is 1. The molecule has 2 heterocycles. The van der Waals surface area contributed by atoms with Crippen LogP contribution in [0.1, 0.15) is 36.1 Å². The van der Waals surface area contributed by atoms with Gasteiger partial charge in [0.15, 0.2) is 0 Å². The van der Waals surface area contributed by atoms with Gasteiger partial charge in [-0.25, -0.2) is 9.97 Å². The molecule has 1 spiro atoms. The highest BCUT2D eigenvalue weighted by Gasteiger charge is 2.44. The van der Waals surface area contributed by atoms with Crippen LogP contribution in [-0.4, -0.2) is 33.9 Å². The SMILES string of the molecule is Nc1ncc2c(n1)C1(CCCN(C(=O)Cc3cccc(Cl)c3)C1)CC2. The summed E-state index contributed by atoms with van der Waals surface area (Å²) in [6.07, 6.45) is 6.25. The van der Waals surface area contributed by atoms with Gasteiger partial charge in [-0.05, 0) is 48.9 Å². The highest BCUT2D eigenvalue weighted by atomic mass is 35.5. The molecule has 6 heteroatoms. The molecule has 1 saturated heterocycles. The molecule has 25 heavy (non-hydrogen) atoms. The number of carbonyl (C=O) groups excluding carboxylic acids is 1. The molecular formula is C19H21ClN4O. The lowest BCUT2D eigenvalue weighted by molar-refractivity contribution is -0.132. The van der Waals surface area contributed by atoms with Gasteiger partial charge in [0.1, 0.15) is 0 Å². The molecule has 0 bridgehead atoms. The minimum absolute atomic E-state index is 0.0609. The van der Waals surface area contributed by atoms with Crippen molar-refractivity contribution in [3.05, 3.63) is 52.3 Å². The maximum Gasteiger partial charge on any atom is 0.227 e. The van der Waals surface area contributed by atoms with Crippen LogP contribution in [0.4, 0.5) is 5.95 Å². The molecule has 2 aliphatic rings. The van der Waals surface area contributed by atoms with Crippen molar-refractivity contribution in [3.8, 4) is 0 Å². The molecule has 0 radical (unpaired) electrons. The number of carbonyl (C=O) groups is 1. The predicted molar refractivity (Wildman–Crippen MR) is 97.4 cm³/mol. The number of fused-ring (bicyclic) bond motifs is 2. The summed E-state index contributed by atoms with van der Waals surface area (Å²) in [7, 11) is 0. The Labute approximate surface area is 152 Å². The van der Waals surface area contributed by atoms with E-state index in [2.05, 4.69) is 9.97 Å². The van der Waals surface area contributed by atoms with E-state index in [1.807, 2.05) is 35.4 Å². The van der Waals surface area contributed by atoms with E-state index in [0.717, 1.165) is 50.0 Å². The van der Waals surface area contributed by atoms with Gasteiger partial charge in [0.05, 0.1) is 12.1 Å². The average molecular weight is 357 g/mol. The number of likely N-dealkylation sites (tertiary alicyclic amines) is 1. The van der Waals surface area contributed by atoms with E-state index in [1.54, 1.807) is 0 Å². The number of aromatic nitrogens is 2. The van der Waals surface area contributed by atoms with Crippen LogP contribution in [0.2, 0.25) is 5.02 Å². The van der Waals surface area contributed by atoms with Gasteiger partial charge in [-0.2, -0.15) is 0 Å². The predicted octanol–water partition coefficient (Wildman–Crippen LogP) is 2.76. The molecule has 5 nitrogen and oxygen atoms in total. The standard InChI is InChI=1S/C19H21ClN4O/c20-15-4-1-3-13(9-15)10-16(25)24-8-2-6-19(12-24)7-5-14-11-22-18(21)23-17(14)19/h1,3-4,9,11H,2,5-8,10,12H2,(H2,21,22,23). The van der Waals surface area contributed by atoms with Crippen LogP contribution in [0.3, 0.4) is 0 Å². The van der Waals surface area contributed by atoms with Crippen molar-refractivity contribution in [1.82, 2.24) is 14.9 Å². The monoisotopic (exact) mass is 356 g/mol. The van der Waals surface area contributed by atoms with Gasteiger partial charge in [-0.3, -0.25) is 4.79 Å². The summed E-state index contributed by atoms with van der Waals surface area (Å²) in [6, 6.07) is 7.51. The Morgan fingerprint density at radius 3 is 3.08 bits per heavy atom. The van der Waals surface area contributed by atoms with E-state index in [-0.39, 0.29) is 11.3 Å². The number of benzene rings is 1. The second-order valence-electron chi connectivity index (χ2n) is 7.11. The molecule has 1 aliphatic carbocycles. The van der Waals surface area contributed by atoms with Gasteiger partial charge in [-0.15, -0.1) is 0 Å². The van der Waals surface area contributed by atoms with Crippen molar-refractivity contribution < 1.29 is 4.79 Å². The molecule has 130 valence electrons. The molecule has 1 unspecified atom stereocenters. The highest BCUT2D eigenvalue weighted by Crippen LogP contribution is 2.44. The Morgan fingerprint density at radius 1 is 1.36 bits per heavy atom. The van der Waals surface area contributed by atoms with Gasteiger partial charge in [0.2, 0.25) is 11.9 Å². The quantitative estimate of drug-likeness (QED) is 0.898. The lowest BCUT2D eigenvalue weighted by atomic mass is 9.77. The van der Waals surface area contributed by atoms with E-state index in [1.165, 1.54) is 5.56 Å². The average Bonchev–Trinajstić information content (AvgIpc) is 2.92. The van der Waals surface area contributed by atoms with E-state index < -0.39 is 0 Å². The van der Waals surface area contributed by atoms with Crippen LogP contribution >= 0.6 is 11.6 Å². The first-order valence-electron chi connectivity index (χ1n) is 8.70. The van der Waals surface area contributed by atoms with Crippen LogP contribution in [-0.2, 0) is 23.1 Å². The lowest BCUT2D eigenvalue weighted by Crippen LogP contribution is -2.48. The van der Waals surface area contributed by atoms with Crippen molar-refractivity contribution in [3.63, 3.8) is 0 Å². The van der Waals surface area contributed by atoms with Gasteiger partial charge in [0, 0.05) is 29.7 Å². The minimum atomic E-state index is -0.0609. The third-order valence-corrected chi connectivity index (χ3v) is 5.67. The zero-order valence-corrected chi connectivity index (χ0v) is 14.8. The summed E-state index contributed by atoms with van der Waals surface area (Å²) in [5.74, 6) is 0.472. The maximum atomic E-state index is 12.8. The second-order valence-corrected chi connectivity index (χ2v) is 7.54. The molecule has 1 aromatic heterocycles. The topological polar surface area (TPSA) is 72.1 Å². The molecule has 0 saturated carbocycles. The number of hydrogen-bond acceptors (Lipinski definition) is 4. The Morgan fingerprint density at radius 2 is 2.24 bits per heavy atom. The van der Waals surface area contributed by atoms with Crippen molar-refractivity contribution in [1.29, 1.82) is 0 Å². The molecule has 4 rings (SSSR count). The number of hydrogen-bond donors (Lipinski definition) is 1. The third kappa shape index (κ3) is 3.09. The smallest absolute Gasteiger partial charge is 0.227 e. The van der Waals surface area contributed by atoms with Gasteiger partial charge < -0.3 is 10.6 Å². The molecule has 1 aromatic carbocycles. The largest absolute Gasteiger partial charge is 0.368 e. The van der Waals surface area contributed by atoms with Crippen molar-refractivity contribution in [2.24, 2.45) is 0 Å². The zero-order valence-electron chi connectivity index (χ0n) is 14.0. The molecule has 1 fully saturated rings. The fourth-order valence-electron chi connectivity index (χ4n) is 4.23. The first-order chi connectivity index (χ1) is 12.1. The van der Waals surface area contributed by atoms with Crippen LogP contribution in [0.5, 0.6) is 0 Å². The molecule has 1 atom stereocenters. The number of piperidine rings is 1. The normalized spacial score (nSPS) is 22.2. The number of halogens is 1. The third-order valence-electron chi connectivity index (χ3n) is 5.43. The number of amides is 1. The van der Waals surface area contributed by atoms with Gasteiger partial charge in [0.25, 0.3) is 0 Å². The minimum Gasteiger partial charge on any atom is -0.368 e. The Bertz CT molecular complexity index is 821. The van der Waals surface area contributed by atoms with E-state index in [9.17, 15) is 4.79 Å². The molecule has 1 amide bonds. The summed E-state index contributed by atoms with van der Waals surface area (Å²) < 4.78 is 0. The lowest BCUT2D eigenvalue weighted by Gasteiger charge is -2.40. The molecule has 1 aliphatic heterocycles. The summed E-state index contributed by atoms with van der Waals surface area (Å²) in [5.41, 5.74) is 8.94. The van der Waals surface area contributed by atoms with Crippen LogP contribution < -0.4 is 5.73 Å². The first-order valence-corrected chi connectivity index (χ1v) is 9.08. The van der Waals surface area contributed by atoms with Crippen LogP contribution in [0.15, 0.2) is 30.5 Å². The molecule has 2 N–H and O–H groups in total. The van der Waals surface area contributed by atoms with Crippen molar-refractivity contribution in [2.75, 3.05) is 18.8 Å². The van der Waals surface area contributed by atoms with E-state index in [0.29, 0.717) is 17.4 Å². The first kappa shape index (κ1) is 16.3. The van der Waals surface area contributed by atoms with Crippen LogP contribution in [0.25, 0.3) is 0 Å². The number of anilines is 1. The number of nitrogen functional groups attached to an aromatic ring is 1. The zero-order chi connectivity index (χ0) is 17.4. The molecular weight excluding hydrogens is 336 g/mol. The van der Waals surface area contributed by atoms with Gasteiger partial charge >= 0.3 is 0 Å². The Kier molecular flexibility index (Phi) is 4.12. The number of rotatable bonds is 2. The Balaban J connectivity index is 1.54. The second kappa shape index (κ2) is 6.30. The fourth-order valence-corrected chi connectivity index (χ4v) is 4.44. The van der Waals surface area contributed by atoms with E-state index in [4.69, 9.17) is 17.3 Å². The number of nitrogens with zero attached hydrogens (tertiary/aromatic N) is 3. The Hall–Kier alpha value is -2.14.